The molecule has 114 valence electrons. The van der Waals surface area contributed by atoms with E-state index in [9.17, 15) is 9.18 Å². The molecule has 1 aliphatic carbocycles. The highest BCUT2D eigenvalue weighted by Crippen LogP contribution is 2.48. The normalized spacial score (nSPS) is 17.9. The summed E-state index contributed by atoms with van der Waals surface area (Å²) >= 11 is 0. The van der Waals surface area contributed by atoms with E-state index in [0.29, 0.717) is 17.1 Å². The zero-order chi connectivity index (χ0) is 15.5. The number of halogens is 1. The highest BCUT2D eigenvalue weighted by atomic mass is 19.1. The van der Waals surface area contributed by atoms with Crippen LogP contribution >= 0.6 is 0 Å². The predicted molar refractivity (Wildman–Crippen MR) is 77.3 cm³/mol. The van der Waals surface area contributed by atoms with Crippen molar-refractivity contribution >= 4 is 6.08 Å². The fourth-order valence-corrected chi connectivity index (χ4v) is 3.09. The number of nitrogens with zero attached hydrogens (tertiary/aromatic N) is 1. The third-order valence-corrected chi connectivity index (χ3v) is 4.17. The van der Waals surface area contributed by atoms with Gasteiger partial charge in [-0.2, -0.15) is 4.99 Å². The van der Waals surface area contributed by atoms with Gasteiger partial charge in [0.15, 0.2) is 0 Å². The molecule has 5 heteroatoms. The van der Waals surface area contributed by atoms with Crippen LogP contribution in [0.2, 0.25) is 0 Å². The molecule has 1 fully saturated rings. The summed E-state index contributed by atoms with van der Waals surface area (Å²) in [6, 6.07) is 3.38. The van der Waals surface area contributed by atoms with E-state index in [2.05, 4.69) is 4.99 Å². The van der Waals surface area contributed by atoms with Gasteiger partial charge in [-0.3, -0.25) is 0 Å². The molecule has 4 nitrogen and oxygen atoms in total. The molecular formula is C16H20FNO3. The van der Waals surface area contributed by atoms with E-state index >= 15 is 0 Å². The molecule has 1 saturated carbocycles. The fourth-order valence-electron chi connectivity index (χ4n) is 3.09. The van der Waals surface area contributed by atoms with E-state index in [1.165, 1.54) is 14.0 Å². The van der Waals surface area contributed by atoms with E-state index in [4.69, 9.17) is 9.47 Å². The molecule has 1 atom stereocenters. The third-order valence-electron chi connectivity index (χ3n) is 4.17. The van der Waals surface area contributed by atoms with Crippen LogP contribution in [0.3, 0.4) is 0 Å². The summed E-state index contributed by atoms with van der Waals surface area (Å²) in [6.07, 6.45) is 3.92. The Bertz CT molecular complexity index is 559. The van der Waals surface area contributed by atoms with Crippen LogP contribution in [-0.4, -0.2) is 20.3 Å². The van der Waals surface area contributed by atoms with Crippen LogP contribution in [0, 0.1) is 0 Å². The topological polar surface area (TPSA) is 47.9 Å². The number of rotatable bonds is 5. The van der Waals surface area contributed by atoms with Gasteiger partial charge in [0.25, 0.3) is 0 Å². The first-order chi connectivity index (χ1) is 10.1. The Balaban J connectivity index is 2.65. The molecule has 0 spiro atoms. The minimum atomic E-state index is -1.18. The van der Waals surface area contributed by atoms with Gasteiger partial charge >= 0.3 is 0 Å². The van der Waals surface area contributed by atoms with E-state index in [-0.39, 0.29) is 0 Å². The standard InChI is InChI=1S/C16H20FNO3/c1-11(17)12-8-13(15(21-3)9-14(12)20-2)16(18-10-19)6-4-5-7-16/h8-9,11H,4-7H2,1-3H3. The predicted octanol–water partition coefficient (Wildman–Crippen LogP) is 3.84. The summed E-state index contributed by atoms with van der Waals surface area (Å²) < 4.78 is 24.5. The van der Waals surface area contributed by atoms with Crippen LogP contribution in [0.15, 0.2) is 17.1 Å². The first-order valence-corrected chi connectivity index (χ1v) is 7.07. The smallest absolute Gasteiger partial charge is 0.235 e. The number of ether oxygens (including phenoxy) is 2. The Kier molecular flexibility index (Phi) is 4.63. The highest BCUT2D eigenvalue weighted by molar-refractivity contribution is 5.52. The molecule has 1 aliphatic rings. The zero-order valence-corrected chi connectivity index (χ0v) is 12.6. The molecule has 0 amide bonds. The molecule has 0 N–H and O–H groups in total. The average molecular weight is 293 g/mol. The Morgan fingerprint density at radius 3 is 2.33 bits per heavy atom. The maximum atomic E-state index is 13.9. The minimum absolute atomic E-state index is 0.439. The van der Waals surface area contributed by atoms with E-state index in [1.54, 1.807) is 25.3 Å². The van der Waals surface area contributed by atoms with Crippen LogP contribution in [0.4, 0.5) is 4.39 Å². The lowest BCUT2D eigenvalue weighted by Crippen LogP contribution is -2.20. The zero-order valence-electron chi connectivity index (χ0n) is 12.6. The second kappa shape index (κ2) is 6.27. The second-order valence-electron chi connectivity index (χ2n) is 5.35. The average Bonchev–Trinajstić information content (AvgIpc) is 2.95. The Labute approximate surface area is 124 Å². The van der Waals surface area contributed by atoms with Crippen molar-refractivity contribution in [1.29, 1.82) is 0 Å². The molecule has 0 bridgehead atoms. The third kappa shape index (κ3) is 2.79. The molecule has 0 saturated heterocycles. The van der Waals surface area contributed by atoms with Crippen molar-refractivity contribution in [3.8, 4) is 11.5 Å². The van der Waals surface area contributed by atoms with Gasteiger partial charge in [-0.1, -0.05) is 12.8 Å². The van der Waals surface area contributed by atoms with Gasteiger partial charge < -0.3 is 9.47 Å². The van der Waals surface area contributed by atoms with Crippen LogP contribution < -0.4 is 9.47 Å². The number of isocyanates is 1. The van der Waals surface area contributed by atoms with E-state index < -0.39 is 11.7 Å². The number of hydrogen-bond donors (Lipinski definition) is 0. The molecular weight excluding hydrogens is 273 g/mol. The van der Waals surface area contributed by atoms with E-state index in [0.717, 1.165) is 31.2 Å². The van der Waals surface area contributed by atoms with Crippen molar-refractivity contribution in [2.45, 2.75) is 44.3 Å². The Morgan fingerprint density at radius 2 is 1.86 bits per heavy atom. The van der Waals surface area contributed by atoms with Gasteiger partial charge in [0, 0.05) is 17.2 Å². The van der Waals surface area contributed by atoms with Crippen LogP contribution in [0.5, 0.6) is 11.5 Å². The van der Waals surface area contributed by atoms with Gasteiger partial charge in [-0.05, 0) is 25.8 Å². The van der Waals surface area contributed by atoms with Gasteiger partial charge in [0.2, 0.25) is 6.08 Å². The number of alkyl halides is 1. The lowest BCUT2D eigenvalue weighted by atomic mass is 9.86. The molecule has 0 aromatic heterocycles. The molecule has 2 rings (SSSR count). The van der Waals surface area contributed by atoms with Crippen molar-refractivity contribution in [3.63, 3.8) is 0 Å². The molecule has 0 aliphatic heterocycles. The first-order valence-electron chi connectivity index (χ1n) is 7.07. The van der Waals surface area contributed by atoms with Crippen LogP contribution in [-0.2, 0) is 10.3 Å². The molecule has 1 unspecified atom stereocenters. The first kappa shape index (κ1) is 15.5. The summed E-state index contributed by atoms with van der Waals surface area (Å²) in [5, 5.41) is 0. The number of hydrogen-bond acceptors (Lipinski definition) is 4. The molecule has 1 aromatic rings. The second-order valence-corrected chi connectivity index (χ2v) is 5.35. The van der Waals surface area contributed by atoms with Crippen LogP contribution in [0.1, 0.15) is 49.9 Å². The van der Waals surface area contributed by atoms with Crippen LogP contribution in [0.25, 0.3) is 0 Å². The lowest BCUT2D eigenvalue weighted by molar-refractivity contribution is 0.336. The largest absolute Gasteiger partial charge is 0.496 e. The molecule has 0 radical (unpaired) electrons. The SMILES string of the molecule is COc1cc(OC)c(C2(N=C=O)CCCC2)cc1C(C)F. The fraction of sp³-hybridized carbons (Fsp3) is 0.562. The highest BCUT2D eigenvalue weighted by Gasteiger charge is 2.39. The molecule has 21 heavy (non-hydrogen) atoms. The molecule has 0 heterocycles. The van der Waals surface area contributed by atoms with E-state index in [1.807, 2.05) is 0 Å². The van der Waals surface area contributed by atoms with Gasteiger partial charge in [-0.15, -0.1) is 0 Å². The van der Waals surface area contributed by atoms with Crippen molar-refractivity contribution in [2.75, 3.05) is 14.2 Å². The monoisotopic (exact) mass is 293 g/mol. The summed E-state index contributed by atoms with van der Waals surface area (Å²) in [5.41, 5.74) is 0.537. The van der Waals surface area contributed by atoms with Gasteiger partial charge in [0.1, 0.15) is 23.2 Å². The summed E-state index contributed by atoms with van der Waals surface area (Å²) in [6.45, 7) is 1.46. The van der Waals surface area contributed by atoms with Crippen molar-refractivity contribution in [2.24, 2.45) is 4.99 Å². The maximum Gasteiger partial charge on any atom is 0.235 e. The van der Waals surface area contributed by atoms with Gasteiger partial charge in [-0.25, -0.2) is 9.18 Å². The van der Waals surface area contributed by atoms with Crippen molar-refractivity contribution < 1.29 is 18.7 Å². The Morgan fingerprint density at radius 1 is 1.24 bits per heavy atom. The minimum Gasteiger partial charge on any atom is -0.496 e. The lowest BCUT2D eigenvalue weighted by Gasteiger charge is -2.26. The number of carbonyl (C=O) groups excluding carboxylic acids is 1. The van der Waals surface area contributed by atoms with Crippen molar-refractivity contribution in [3.05, 3.63) is 23.3 Å². The molecule has 1 aromatic carbocycles. The summed E-state index contributed by atoms with van der Waals surface area (Å²) in [4.78, 5) is 14.9. The Hall–Kier alpha value is -1.87. The summed E-state index contributed by atoms with van der Waals surface area (Å²) in [7, 11) is 3.04. The number of methoxy groups -OCH3 is 2. The summed E-state index contributed by atoms with van der Waals surface area (Å²) in [5.74, 6) is 1.01. The van der Waals surface area contributed by atoms with Gasteiger partial charge in [0.05, 0.1) is 14.2 Å². The number of benzene rings is 1. The number of aliphatic imine (C=N–C) groups is 1. The maximum absolute atomic E-state index is 13.9. The van der Waals surface area contributed by atoms with Crippen molar-refractivity contribution in [1.82, 2.24) is 0 Å². The quantitative estimate of drug-likeness (QED) is 0.612.